The minimum absolute atomic E-state index is 0.165. The predicted octanol–water partition coefficient (Wildman–Crippen LogP) is 7.69. The van der Waals surface area contributed by atoms with Gasteiger partial charge in [-0.25, -0.2) is 0 Å². The van der Waals surface area contributed by atoms with Gasteiger partial charge in [0.25, 0.3) is 0 Å². The van der Waals surface area contributed by atoms with Gasteiger partial charge in [0.15, 0.2) is 0 Å². The van der Waals surface area contributed by atoms with Crippen molar-refractivity contribution in [3.05, 3.63) is 109 Å². The van der Waals surface area contributed by atoms with Crippen LogP contribution < -0.4 is 9.80 Å². The maximum atomic E-state index is 4.35. The number of piperidine rings is 2. The molecule has 12 atom stereocenters. The van der Waals surface area contributed by atoms with E-state index in [9.17, 15) is 0 Å². The molecular weight excluding hydrogens is 585 g/mol. The summed E-state index contributed by atoms with van der Waals surface area (Å²) in [5, 5.41) is 0. The second-order valence-corrected chi connectivity index (χ2v) is 17.7. The van der Waals surface area contributed by atoms with Crippen LogP contribution in [0, 0.1) is 23.7 Å². The lowest BCUT2D eigenvalue weighted by atomic mass is 9.54. The first-order chi connectivity index (χ1) is 23.5. The Hall–Kier alpha value is -3.08. The summed E-state index contributed by atoms with van der Waals surface area (Å²) in [7, 11) is 0. The smallest absolute Gasteiger partial charge is 0.102 e. The van der Waals surface area contributed by atoms with Crippen molar-refractivity contribution in [2.45, 2.75) is 87.4 Å². The Bertz CT molecular complexity index is 1690. The quantitative estimate of drug-likeness (QED) is 0.237. The number of hydrogen-bond acceptors (Lipinski definition) is 2. The van der Waals surface area contributed by atoms with E-state index in [2.05, 4.69) is 110 Å². The minimum atomic E-state index is 0.165. The number of anilines is 2. The summed E-state index contributed by atoms with van der Waals surface area (Å²) in [6, 6.07) is 21.7. The average Bonchev–Trinajstić information content (AvgIpc) is 3.80. The number of quaternary nitrogens is 2. The molecule has 11 rings (SSSR count). The summed E-state index contributed by atoms with van der Waals surface area (Å²) in [4.78, 5) is 5.86. The van der Waals surface area contributed by atoms with Crippen molar-refractivity contribution in [1.82, 2.24) is 0 Å². The summed E-state index contributed by atoms with van der Waals surface area (Å²) < 4.78 is 2.54. The highest BCUT2D eigenvalue weighted by Crippen LogP contribution is 2.70. The zero-order valence-electron chi connectivity index (χ0n) is 29.2. The summed E-state index contributed by atoms with van der Waals surface area (Å²) in [5.74, 6) is 2.74. The molecule has 4 heteroatoms. The van der Waals surface area contributed by atoms with Gasteiger partial charge in [0.2, 0.25) is 0 Å². The van der Waals surface area contributed by atoms with Crippen molar-refractivity contribution in [3.8, 4) is 0 Å². The van der Waals surface area contributed by atoms with Gasteiger partial charge < -0.3 is 18.8 Å². The van der Waals surface area contributed by atoms with Crippen LogP contribution in [-0.4, -0.2) is 72.4 Å². The van der Waals surface area contributed by atoms with Gasteiger partial charge in [-0.3, -0.25) is 0 Å². The zero-order valence-corrected chi connectivity index (χ0v) is 29.2. The monoisotopic (exact) mass is 638 g/mol. The van der Waals surface area contributed by atoms with Crippen LogP contribution in [0.4, 0.5) is 11.4 Å². The van der Waals surface area contributed by atoms with Crippen molar-refractivity contribution in [1.29, 1.82) is 0 Å². The summed E-state index contributed by atoms with van der Waals surface area (Å²) in [5.41, 5.74) is 10.2. The lowest BCUT2D eigenvalue weighted by Crippen LogP contribution is -2.70. The Balaban J connectivity index is 1.21. The fourth-order valence-electron chi connectivity index (χ4n) is 15.3. The highest BCUT2D eigenvalue weighted by atomic mass is 15.4. The van der Waals surface area contributed by atoms with E-state index in [-0.39, 0.29) is 10.8 Å². The standard InChI is InChI=1S/C44H54N4/c1-5-19-47-21-17-43-35-13-9-11-15-37(35)45-26-34-32-24-40-44(18-22-48(40,20-6-2)28-30(32)8-4)36-14-10-12-16-38(36)46(42(34)44)25-33(41(43)45)31(23-39(43)47)29(7-3)27-47/h5-6,9-16,25-26,29-32,39-42H,1-2,7-8,17-24,27-28H2,3-4H3/q+2/b33-25-,34-26-/t29-,30-,31+,32+,39+,40+,41+,42+,43?,44?,47?,48?/m1/s1. The molecule has 0 amide bonds. The van der Waals surface area contributed by atoms with Gasteiger partial charge in [-0.15, -0.1) is 0 Å². The Morgan fingerprint density at radius 2 is 1.12 bits per heavy atom. The first-order valence-corrected chi connectivity index (χ1v) is 19.6. The molecule has 4 bridgehead atoms. The molecule has 2 spiro atoms. The van der Waals surface area contributed by atoms with Crippen molar-refractivity contribution < 1.29 is 8.97 Å². The van der Waals surface area contributed by atoms with Crippen molar-refractivity contribution in [2.75, 3.05) is 49.1 Å². The number of rotatable bonds is 6. The SMILES string of the molecule is C=CC[N+]12CCC34c5ccccc5N5/C=C6/[C@H]7C[C@H]8C9(CC[N+]8(CC=C)C[C@H]7CC)c7ccccc7N(/C=C(/[C@@H](C[C@@H]31)[C@H](CC)C2)[C@H]54)[C@@H]69. The third-order valence-electron chi connectivity index (χ3n) is 16.7. The third-order valence-corrected chi connectivity index (χ3v) is 16.7. The van der Waals surface area contributed by atoms with Crippen LogP contribution >= 0.6 is 0 Å². The molecule has 9 aliphatic rings. The second-order valence-electron chi connectivity index (χ2n) is 17.7. The Kier molecular flexibility index (Phi) is 5.61. The van der Waals surface area contributed by atoms with Crippen LogP contribution in [0.3, 0.4) is 0 Å². The number of fused-ring (bicyclic) bond motifs is 8. The van der Waals surface area contributed by atoms with Crippen LogP contribution in [0.1, 0.15) is 63.5 Å². The molecule has 0 aromatic heterocycles. The van der Waals surface area contributed by atoms with Crippen molar-refractivity contribution >= 4 is 11.4 Å². The van der Waals surface area contributed by atoms with Crippen LogP contribution in [0.25, 0.3) is 0 Å². The van der Waals surface area contributed by atoms with E-state index in [1.807, 2.05) is 0 Å². The van der Waals surface area contributed by atoms with Crippen LogP contribution in [0.5, 0.6) is 0 Å². The molecule has 2 aromatic carbocycles. The molecule has 7 aliphatic heterocycles. The number of para-hydroxylation sites is 2. The molecule has 0 N–H and O–H groups in total. The average molecular weight is 639 g/mol. The molecule has 2 aromatic rings. The Morgan fingerprint density at radius 1 is 0.688 bits per heavy atom. The zero-order chi connectivity index (χ0) is 32.2. The van der Waals surface area contributed by atoms with E-state index in [4.69, 9.17) is 0 Å². The fraction of sp³-hybridized carbons (Fsp3) is 0.545. The van der Waals surface area contributed by atoms with Gasteiger partial charge in [0.05, 0.1) is 62.2 Å². The van der Waals surface area contributed by atoms with Gasteiger partial charge in [0.1, 0.15) is 12.1 Å². The highest BCUT2D eigenvalue weighted by Gasteiger charge is 2.75. The maximum Gasteiger partial charge on any atom is 0.102 e. The largest absolute Gasteiger partial charge is 0.339 e. The summed E-state index contributed by atoms with van der Waals surface area (Å²) in [6.45, 7) is 21.2. The van der Waals surface area contributed by atoms with Crippen molar-refractivity contribution in [2.24, 2.45) is 23.7 Å². The molecule has 7 heterocycles. The summed E-state index contributed by atoms with van der Waals surface area (Å²) >= 11 is 0. The molecule has 2 saturated carbocycles. The number of benzene rings is 2. The van der Waals surface area contributed by atoms with Crippen molar-refractivity contribution in [3.63, 3.8) is 0 Å². The maximum absolute atomic E-state index is 4.35. The molecule has 6 fully saturated rings. The van der Waals surface area contributed by atoms with Gasteiger partial charge in [-0.05, 0) is 71.2 Å². The molecule has 2 aliphatic carbocycles. The first-order valence-electron chi connectivity index (χ1n) is 19.6. The molecule has 4 saturated heterocycles. The number of hydrogen-bond donors (Lipinski definition) is 0. The molecule has 4 nitrogen and oxygen atoms in total. The van der Waals surface area contributed by atoms with E-state index in [0.717, 1.165) is 24.9 Å². The van der Waals surface area contributed by atoms with Gasteiger partial charge in [-0.2, -0.15) is 0 Å². The second kappa shape index (κ2) is 9.37. The Labute approximate surface area is 288 Å². The van der Waals surface area contributed by atoms with Crippen LogP contribution in [0.2, 0.25) is 0 Å². The van der Waals surface area contributed by atoms with Gasteiger partial charge >= 0.3 is 0 Å². The van der Waals surface area contributed by atoms with Gasteiger partial charge in [-0.1, -0.05) is 63.4 Å². The molecule has 48 heavy (non-hydrogen) atoms. The highest BCUT2D eigenvalue weighted by molar-refractivity contribution is 5.76. The third kappa shape index (κ3) is 2.99. The Morgan fingerprint density at radius 3 is 1.54 bits per heavy atom. The minimum Gasteiger partial charge on any atom is -0.339 e. The fourth-order valence-corrected chi connectivity index (χ4v) is 15.3. The topological polar surface area (TPSA) is 6.48 Å². The van der Waals surface area contributed by atoms with E-state index >= 15 is 0 Å². The lowest BCUT2D eigenvalue weighted by molar-refractivity contribution is -0.946. The molecule has 4 unspecified atom stereocenters. The van der Waals surface area contributed by atoms with E-state index in [0.29, 0.717) is 36.0 Å². The number of nitrogens with zero attached hydrogens (tertiary/aromatic N) is 4. The predicted molar refractivity (Wildman–Crippen MR) is 196 cm³/mol. The van der Waals surface area contributed by atoms with Crippen LogP contribution in [0.15, 0.2) is 97.4 Å². The molecule has 248 valence electrons. The summed E-state index contributed by atoms with van der Waals surface area (Å²) in [6.07, 6.45) is 18.0. The lowest BCUT2D eigenvalue weighted by Gasteiger charge is -2.60. The van der Waals surface area contributed by atoms with Crippen LogP contribution in [-0.2, 0) is 10.8 Å². The molecule has 0 radical (unpaired) electrons. The van der Waals surface area contributed by atoms with E-state index < -0.39 is 0 Å². The van der Waals surface area contributed by atoms with E-state index in [1.165, 1.54) is 85.0 Å². The molecular formula is C44H54N4+2. The van der Waals surface area contributed by atoms with E-state index in [1.54, 1.807) is 22.3 Å². The van der Waals surface area contributed by atoms with Gasteiger partial charge in [0, 0.05) is 61.3 Å². The normalized spacial score (nSPS) is 48.2. The first kappa shape index (κ1) is 28.7.